The van der Waals surface area contributed by atoms with E-state index in [4.69, 9.17) is 10.8 Å². The highest BCUT2D eigenvalue weighted by atomic mass is 16.4. The number of hydrogen-bond donors (Lipinski definition) is 3. The van der Waals surface area contributed by atoms with E-state index >= 15 is 0 Å². The lowest BCUT2D eigenvalue weighted by atomic mass is 10.1. The minimum atomic E-state index is -0.911. The van der Waals surface area contributed by atoms with Crippen LogP contribution < -0.4 is 11.1 Å². The van der Waals surface area contributed by atoms with Crippen molar-refractivity contribution < 1.29 is 14.7 Å². The van der Waals surface area contributed by atoms with E-state index in [1.807, 2.05) is 0 Å². The van der Waals surface area contributed by atoms with Crippen LogP contribution in [0.25, 0.3) is 0 Å². The van der Waals surface area contributed by atoms with Crippen LogP contribution in [0.3, 0.4) is 0 Å². The zero-order chi connectivity index (χ0) is 13.0. The Kier molecular flexibility index (Phi) is 4.03. The van der Waals surface area contributed by atoms with Gasteiger partial charge in [-0.05, 0) is 18.6 Å². The number of nitrogens with zero attached hydrogens (tertiary/aromatic N) is 1. The van der Waals surface area contributed by atoms with Crippen LogP contribution in [0, 0.1) is 12.8 Å². The quantitative estimate of drug-likeness (QED) is 0.696. The number of carbonyl (C=O) groups is 2. The zero-order valence-corrected chi connectivity index (χ0v) is 9.73. The molecular weight excluding hydrogens is 222 g/mol. The second-order valence-electron chi connectivity index (χ2n) is 3.84. The van der Waals surface area contributed by atoms with Gasteiger partial charge in [-0.15, -0.1) is 0 Å². The average Bonchev–Trinajstić information content (AvgIpc) is 2.24. The Morgan fingerprint density at radius 2 is 2.24 bits per heavy atom. The molecule has 0 aliphatic heterocycles. The number of carbonyl (C=O) groups excluding carboxylic acids is 1. The number of primary amides is 1. The number of carboxylic acid groups (broad SMARTS) is 1. The molecular formula is C11H15N3O3. The summed E-state index contributed by atoms with van der Waals surface area (Å²) in [4.78, 5) is 25.9. The number of amides is 1. The second kappa shape index (κ2) is 5.29. The zero-order valence-electron chi connectivity index (χ0n) is 9.73. The molecule has 1 unspecified atom stereocenters. The molecule has 0 aliphatic carbocycles. The third kappa shape index (κ3) is 3.17. The van der Waals surface area contributed by atoms with Crippen molar-refractivity contribution >= 4 is 17.7 Å². The summed E-state index contributed by atoms with van der Waals surface area (Å²) in [6.45, 7) is 3.49. The standard InChI is InChI=1S/C11H15N3O3/c1-6-3-4-13-10(8(6)9(12)15)14-5-7(2)11(16)17/h3-4,7H,5H2,1-2H3,(H2,12,15)(H,13,14)(H,16,17). The lowest BCUT2D eigenvalue weighted by molar-refractivity contribution is -0.140. The maximum atomic E-state index is 11.2. The summed E-state index contributed by atoms with van der Waals surface area (Å²) in [5.74, 6) is -1.74. The van der Waals surface area contributed by atoms with Crippen LogP contribution in [-0.2, 0) is 4.79 Å². The molecule has 1 atom stereocenters. The Labute approximate surface area is 98.8 Å². The van der Waals surface area contributed by atoms with Gasteiger partial charge in [0.25, 0.3) is 5.91 Å². The highest BCUT2D eigenvalue weighted by Gasteiger charge is 2.15. The molecule has 1 rings (SSSR count). The molecule has 92 valence electrons. The molecule has 0 spiro atoms. The van der Waals surface area contributed by atoms with Gasteiger partial charge in [0.1, 0.15) is 5.82 Å². The highest BCUT2D eigenvalue weighted by molar-refractivity contribution is 5.99. The van der Waals surface area contributed by atoms with Crippen LogP contribution in [0.15, 0.2) is 12.3 Å². The van der Waals surface area contributed by atoms with Crippen molar-refractivity contribution in [3.8, 4) is 0 Å². The van der Waals surface area contributed by atoms with Gasteiger partial charge in [0.2, 0.25) is 0 Å². The first-order valence-corrected chi connectivity index (χ1v) is 5.15. The lowest BCUT2D eigenvalue weighted by Gasteiger charge is -2.12. The minimum Gasteiger partial charge on any atom is -0.481 e. The molecule has 0 aliphatic rings. The van der Waals surface area contributed by atoms with Gasteiger partial charge < -0.3 is 16.2 Å². The summed E-state index contributed by atoms with van der Waals surface area (Å²) < 4.78 is 0. The first-order chi connectivity index (χ1) is 7.93. The van der Waals surface area contributed by atoms with Gasteiger partial charge >= 0.3 is 5.97 Å². The number of nitrogens with one attached hydrogen (secondary N) is 1. The molecule has 1 amide bonds. The Morgan fingerprint density at radius 3 is 2.76 bits per heavy atom. The fourth-order valence-electron chi connectivity index (χ4n) is 1.34. The Morgan fingerprint density at radius 1 is 1.59 bits per heavy atom. The molecule has 0 bridgehead atoms. The number of aliphatic carboxylic acids is 1. The van der Waals surface area contributed by atoms with E-state index in [1.165, 1.54) is 6.20 Å². The van der Waals surface area contributed by atoms with Gasteiger partial charge in [-0.25, -0.2) is 4.98 Å². The van der Waals surface area contributed by atoms with E-state index in [9.17, 15) is 9.59 Å². The van der Waals surface area contributed by atoms with Crippen molar-refractivity contribution in [1.82, 2.24) is 4.98 Å². The maximum Gasteiger partial charge on any atom is 0.308 e. The van der Waals surface area contributed by atoms with Crippen molar-refractivity contribution in [2.24, 2.45) is 11.7 Å². The largest absolute Gasteiger partial charge is 0.481 e. The van der Waals surface area contributed by atoms with Crippen LogP contribution in [0.5, 0.6) is 0 Å². The van der Waals surface area contributed by atoms with E-state index in [2.05, 4.69) is 10.3 Å². The highest BCUT2D eigenvalue weighted by Crippen LogP contribution is 2.16. The topological polar surface area (TPSA) is 105 Å². The molecule has 0 saturated heterocycles. The summed E-state index contributed by atoms with van der Waals surface area (Å²) in [5, 5.41) is 11.6. The second-order valence-corrected chi connectivity index (χ2v) is 3.84. The first kappa shape index (κ1) is 13.0. The molecule has 1 aromatic rings. The van der Waals surface area contributed by atoms with Crippen molar-refractivity contribution in [3.63, 3.8) is 0 Å². The number of hydrogen-bond acceptors (Lipinski definition) is 4. The van der Waals surface area contributed by atoms with E-state index < -0.39 is 17.8 Å². The summed E-state index contributed by atoms with van der Waals surface area (Å²) in [7, 11) is 0. The number of pyridine rings is 1. The number of rotatable bonds is 5. The van der Waals surface area contributed by atoms with Crippen LogP contribution in [0.2, 0.25) is 0 Å². The van der Waals surface area contributed by atoms with Crippen molar-refractivity contribution in [2.45, 2.75) is 13.8 Å². The van der Waals surface area contributed by atoms with Crippen LogP contribution >= 0.6 is 0 Å². The summed E-state index contributed by atoms with van der Waals surface area (Å²) >= 11 is 0. The lowest BCUT2D eigenvalue weighted by Crippen LogP contribution is -2.23. The predicted molar refractivity (Wildman–Crippen MR) is 62.8 cm³/mol. The van der Waals surface area contributed by atoms with E-state index in [0.717, 1.165) is 0 Å². The average molecular weight is 237 g/mol. The van der Waals surface area contributed by atoms with Crippen LogP contribution in [0.4, 0.5) is 5.82 Å². The molecule has 0 radical (unpaired) electrons. The maximum absolute atomic E-state index is 11.2. The van der Waals surface area contributed by atoms with Gasteiger partial charge in [-0.3, -0.25) is 9.59 Å². The fraction of sp³-hybridized carbons (Fsp3) is 0.364. The molecule has 0 aromatic carbocycles. The van der Waals surface area contributed by atoms with Gasteiger partial charge in [-0.1, -0.05) is 6.92 Å². The molecule has 6 nitrogen and oxygen atoms in total. The van der Waals surface area contributed by atoms with Crippen LogP contribution in [-0.4, -0.2) is 28.5 Å². The molecule has 17 heavy (non-hydrogen) atoms. The van der Waals surface area contributed by atoms with E-state index in [1.54, 1.807) is 19.9 Å². The first-order valence-electron chi connectivity index (χ1n) is 5.15. The Hall–Kier alpha value is -2.11. The Bertz CT molecular complexity index is 446. The number of nitrogens with two attached hydrogens (primary N) is 1. The van der Waals surface area contributed by atoms with Gasteiger partial charge in [0.15, 0.2) is 0 Å². The molecule has 0 fully saturated rings. The fourth-order valence-corrected chi connectivity index (χ4v) is 1.34. The summed E-state index contributed by atoms with van der Waals surface area (Å²) in [6, 6.07) is 1.67. The predicted octanol–water partition coefficient (Wildman–Crippen LogP) is 0.622. The van der Waals surface area contributed by atoms with E-state index in [0.29, 0.717) is 16.9 Å². The number of anilines is 1. The number of carboxylic acids is 1. The molecule has 1 heterocycles. The van der Waals surface area contributed by atoms with Crippen molar-refractivity contribution in [1.29, 1.82) is 0 Å². The monoisotopic (exact) mass is 237 g/mol. The van der Waals surface area contributed by atoms with Crippen LogP contribution in [0.1, 0.15) is 22.8 Å². The van der Waals surface area contributed by atoms with Crippen molar-refractivity contribution in [3.05, 3.63) is 23.4 Å². The molecule has 0 saturated carbocycles. The van der Waals surface area contributed by atoms with Gasteiger partial charge in [0.05, 0.1) is 11.5 Å². The molecule has 6 heteroatoms. The molecule has 4 N–H and O–H groups in total. The molecule has 1 aromatic heterocycles. The third-order valence-electron chi connectivity index (χ3n) is 2.40. The van der Waals surface area contributed by atoms with E-state index in [-0.39, 0.29) is 6.54 Å². The summed E-state index contributed by atoms with van der Waals surface area (Å²) in [5.41, 5.74) is 6.25. The van der Waals surface area contributed by atoms with Gasteiger partial charge in [0, 0.05) is 12.7 Å². The smallest absolute Gasteiger partial charge is 0.308 e. The normalized spacial score (nSPS) is 11.9. The Balaban J connectivity index is 2.88. The SMILES string of the molecule is Cc1ccnc(NCC(C)C(=O)O)c1C(N)=O. The van der Waals surface area contributed by atoms with Crippen molar-refractivity contribution in [2.75, 3.05) is 11.9 Å². The number of aryl methyl sites for hydroxylation is 1. The third-order valence-corrected chi connectivity index (χ3v) is 2.40. The number of aromatic nitrogens is 1. The van der Waals surface area contributed by atoms with Gasteiger partial charge in [-0.2, -0.15) is 0 Å². The minimum absolute atomic E-state index is 0.187. The summed E-state index contributed by atoms with van der Waals surface area (Å²) in [6.07, 6.45) is 1.54.